The molecule has 1 aromatic rings. The molecule has 0 aromatic carbocycles. The van der Waals surface area contributed by atoms with Crippen molar-refractivity contribution in [3.8, 4) is 5.75 Å². The van der Waals surface area contributed by atoms with Crippen molar-refractivity contribution < 1.29 is 4.74 Å². The van der Waals surface area contributed by atoms with Crippen molar-refractivity contribution >= 4 is 27.3 Å². The third-order valence-electron chi connectivity index (χ3n) is 1.84. The summed E-state index contributed by atoms with van der Waals surface area (Å²) in [7, 11) is 0. The van der Waals surface area contributed by atoms with Gasteiger partial charge in [-0.25, -0.2) is 0 Å². The van der Waals surface area contributed by atoms with Gasteiger partial charge in [-0.1, -0.05) is 26.2 Å². The van der Waals surface area contributed by atoms with Crippen LogP contribution in [0, 0.1) is 0 Å². The van der Waals surface area contributed by atoms with E-state index in [2.05, 4.69) is 22.9 Å². The first kappa shape index (κ1) is 11.1. The summed E-state index contributed by atoms with van der Waals surface area (Å²) in [6.07, 6.45) is 5.03. The molecule has 0 bridgehead atoms. The van der Waals surface area contributed by atoms with Gasteiger partial charge in [-0.2, -0.15) is 0 Å². The molecule has 0 aliphatic carbocycles. The van der Waals surface area contributed by atoms with Crippen molar-refractivity contribution in [2.45, 2.75) is 32.6 Å². The van der Waals surface area contributed by atoms with E-state index in [4.69, 9.17) is 4.74 Å². The number of rotatable bonds is 6. The molecule has 1 aromatic heterocycles. The highest BCUT2D eigenvalue weighted by Gasteiger charge is 2.00. The molecular formula is C10H15BrOS. The van der Waals surface area contributed by atoms with Crippen LogP contribution < -0.4 is 4.74 Å². The van der Waals surface area contributed by atoms with Gasteiger partial charge in [-0.05, 0) is 22.4 Å². The minimum Gasteiger partial charge on any atom is -0.492 e. The molecular weight excluding hydrogens is 248 g/mol. The van der Waals surface area contributed by atoms with Crippen LogP contribution in [0.25, 0.3) is 0 Å². The Balaban J connectivity index is 2.10. The summed E-state index contributed by atoms with van der Waals surface area (Å²) in [5.41, 5.74) is 0. The van der Waals surface area contributed by atoms with Gasteiger partial charge in [0.2, 0.25) is 0 Å². The molecule has 0 N–H and O–H groups in total. The maximum atomic E-state index is 5.59. The average molecular weight is 263 g/mol. The zero-order chi connectivity index (χ0) is 9.52. The lowest BCUT2D eigenvalue weighted by molar-refractivity contribution is 0.304. The van der Waals surface area contributed by atoms with E-state index in [1.807, 2.05) is 10.8 Å². The number of ether oxygens (including phenoxy) is 1. The molecule has 1 rings (SSSR count). The van der Waals surface area contributed by atoms with Gasteiger partial charge in [0, 0.05) is 10.8 Å². The van der Waals surface area contributed by atoms with Gasteiger partial charge in [-0.3, -0.25) is 0 Å². The third kappa shape index (κ3) is 4.14. The van der Waals surface area contributed by atoms with E-state index in [0.717, 1.165) is 23.2 Å². The fraction of sp³-hybridized carbons (Fsp3) is 0.600. The number of hydrogen-bond donors (Lipinski definition) is 0. The molecule has 0 saturated heterocycles. The first-order valence-electron chi connectivity index (χ1n) is 4.69. The molecule has 13 heavy (non-hydrogen) atoms. The van der Waals surface area contributed by atoms with Crippen molar-refractivity contribution in [3.05, 3.63) is 15.2 Å². The van der Waals surface area contributed by atoms with Gasteiger partial charge >= 0.3 is 0 Å². The third-order valence-corrected chi connectivity index (χ3v) is 3.48. The molecule has 3 heteroatoms. The molecule has 0 amide bonds. The highest BCUT2D eigenvalue weighted by molar-refractivity contribution is 9.10. The lowest BCUT2D eigenvalue weighted by Gasteiger charge is -2.03. The van der Waals surface area contributed by atoms with Gasteiger partial charge in [0.05, 0.1) is 11.1 Å². The molecule has 1 heterocycles. The molecule has 0 aliphatic heterocycles. The van der Waals surface area contributed by atoms with E-state index in [9.17, 15) is 0 Å². The zero-order valence-electron chi connectivity index (χ0n) is 7.88. The topological polar surface area (TPSA) is 9.23 Å². The molecule has 0 radical (unpaired) electrons. The van der Waals surface area contributed by atoms with Crippen LogP contribution in [-0.2, 0) is 0 Å². The van der Waals surface area contributed by atoms with Gasteiger partial charge < -0.3 is 4.74 Å². The Labute approximate surface area is 92.2 Å². The Morgan fingerprint density at radius 1 is 1.31 bits per heavy atom. The van der Waals surface area contributed by atoms with E-state index in [1.54, 1.807) is 11.3 Å². The fourth-order valence-corrected chi connectivity index (χ4v) is 2.41. The molecule has 0 spiro atoms. The quantitative estimate of drug-likeness (QED) is 0.688. The second kappa shape index (κ2) is 6.44. The minimum atomic E-state index is 0.843. The first-order chi connectivity index (χ1) is 6.34. The van der Waals surface area contributed by atoms with Crippen LogP contribution in [0.4, 0.5) is 0 Å². The Bertz CT molecular complexity index is 235. The van der Waals surface area contributed by atoms with E-state index in [-0.39, 0.29) is 0 Å². The lowest BCUT2D eigenvalue weighted by Crippen LogP contribution is -1.96. The summed E-state index contributed by atoms with van der Waals surface area (Å²) in [4.78, 5) is 0. The lowest BCUT2D eigenvalue weighted by atomic mass is 10.2. The molecule has 74 valence electrons. The Morgan fingerprint density at radius 3 is 2.77 bits per heavy atom. The number of hydrogen-bond acceptors (Lipinski definition) is 2. The zero-order valence-corrected chi connectivity index (χ0v) is 10.3. The maximum absolute atomic E-state index is 5.59. The van der Waals surface area contributed by atoms with Crippen LogP contribution in [0.15, 0.2) is 15.2 Å². The number of unbranched alkanes of at least 4 members (excludes halogenated alkanes) is 3. The molecule has 0 fully saturated rings. The largest absolute Gasteiger partial charge is 0.492 e. The maximum Gasteiger partial charge on any atom is 0.144 e. The summed E-state index contributed by atoms with van der Waals surface area (Å²) in [5.74, 6) is 0.987. The van der Waals surface area contributed by atoms with E-state index in [0.29, 0.717) is 0 Å². The van der Waals surface area contributed by atoms with Crippen LogP contribution in [0.2, 0.25) is 0 Å². The Morgan fingerprint density at radius 2 is 2.15 bits per heavy atom. The monoisotopic (exact) mass is 262 g/mol. The van der Waals surface area contributed by atoms with Gasteiger partial charge in [-0.15, -0.1) is 11.3 Å². The van der Waals surface area contributed by atoms with Crippen molar-refractivity contribution in [1.82, 2.24) is 0 Å². The summed E-state index contributed by atoms with van der Waals surface area (Å²) in [6, 6.07) is 0. The van der Waals surface area contributed by atoms with Crippen LogP contribution in [0.1, 0.15) is 32.6 Å². The SMILES string of the molecule is CCCCCCOc1cscc1Br. The smallest absolute Gasteiger partial charge is 0.144 e. The predicted molar refractivity (Wildman–Crippen MR) is 61.7 cm³/mol. The summed E-state index contributed by atoms with van der Waals surface area (Å²) in [6.45, 7) is 3.06. The van der Waals surface area contributed by atoms with Crippen molar-refractivity contribution in [3.63, 3.8) is 0 Å². The van der Waals surface area contributed by atoms with Crippen LogP contribution in [0.5, 0.6) is 5.75 Å². The van der Waals surface area contributed by atoms with E-state index >= 15 is 0 Å². The van der Waals surface area contributed by atoms with Gasteiger partial charge in [0.15, 0.2) is 0 Å². The van der Waals surface area contributed by atoms with E-state index in [1.165, 1.54) is 19.3 Å². The Hall–Kier alpha value is -0.0200. The predicted octanol–water partition coefficient (Wildman–Crippen LogP) is 4.47. The summed E-state index contributed by atoms with van der Waals surface area (Å²) < 4.78 is 6.66. The minimum absolute atomic E-state index is 0.843. The molecule has 0 unspecified atom stereocenters. The molecule has 0 saturated carbocycles. The Kier molecular flexibility index (Phi) is 5.47. The van der Waals surface area contributed by atoms with Crippen molar-refractivity contribution in [1.29, 1.82) is 0 Å². The number of thiophene rings is 1. The highest BCUT2D eigenvalue weighted by atomic mass is 79.9. The standard InChI is InChI=1S/C10H15BrOS/c1-2-3-4-5-6-12-10-8-13-7-9(10)11/h7-8H,2-6H2,1H3. The summed E-state index contributed by atoms with van der Waals surface area (Å²) in [5, 5.41) is 4.07. The first-order valence-corrected chi connectivity index (χ1v) is 6.42. The summed E-state index contributed by atoms with van der Waals surface area (Å²) >= 11 is 5.10. The van der Waals surface area contributed by atoms with Crippen molar-refractivity contribution in [2.75, 3.05) is 6.61 Å². The molecule has 1 nitrogen and oxygen atoms in total. The van der Waals surface area contributed by atoms with E-state index < -0.39 is 0 Å². The van der Waals surface area contributed by atoms with Crippen LogP contribution in [0.3, 0.4) is 0 Å². The fourth-order valence-electron chi connectivity index (χ4n) is 1.08. The van der Waals surface area contributed by atoms with Crippen molar-refractivity contribution in [2.24, 2.45) is 0 Å². The average Bonchev–Trinajstić information content (AvgIpc) is 2.52. The van der Waals surface area contributed by atoms with Gasteiger partial charge in [0.1, 0.15) is 5.75 Å². The van der Waals surface area contributed by atoms with Crippen LogP contribution in [-0.4, -0.2) is 6.61 Å². The second-order valence-corrected chi connectivity index (χ2v) is 4.59. The normalized spacial score (nSPS) is 10.3. The second-order valence-electron chi connectivity index (χ2n) is 2.99. The molecule has 0 aliphatic rings. The molecule has 0 atom stereocenters. The van der Waals surface area contributed by atoms with Gasteiger partial charge in [0.25, 0.3) is 0 Å². The van der Waals surface area contributed by atoms with Crippen LogP contribution >= 0.6 is 27.3 Å². The highest BCUT2D eigenvalue weighted by Crippen LogP contribution is 2.28. The number of halogens is 1.